The lowest BCUT2D eigenvalue weighted by Gasteiger charge is -2.09. The van der Waals surface area contributed by atoms with Gasteiger partial charge >= 0.3 is 0 Å². The smallest absolute Gasteiger partial charge is 0.0701 e. The maximum atomic E-state index is 5.55. The van der Waals surface area contributed by atoms with Crippen molar-refractivity contribution in [2.45, 2.75) is 51.9 Å². The molecule has 9 nitrogen and oxygen atoms in total. The van der Waals surface area contributed by atoms with Crippen LogP contribution in [0, 0.1) is 0 Å². The first-order valence-corrected chi connectivity index (χ1v) is 15.7. The third-order valence-corrected chi connectivity index (χ3v) is 5.80. The average molecular weight is 651 g/mol. The first-order chi connectivity index (χ1) is 18.4. The first kappa shape index (κ1) is 37.4. The lowest BCUT2D eigenvalue weighted by Crippen LogP contribution is -2.15. The fraction of sp³-hybridized carbons (Fsp3) is 1.00. The number of alkyl halides is 1. The molecule has 0 aliphatic carbocycles. The van der Waals surface area contributed by atoms with Crippen molar-refractivity contribution in [1.29, 1.82) is 0 Å². The van der Waals surface area contributed by atoms with Crippen LogP contribution in [0.4, 0.5) is 0 Å². The van der Waals surface area contributed by atoms with Crippen LogP contribution >= 0.6 is 22.6 Å². The number of ether oxygens (including phenoxy) is 9. The Morgan fingerprint density at radius 2 is 0.541 bits per heavy atom. The molecular formula is C27H55IO9. The Morgan fingerprint density at radius 1 is 0.297 bits per heavy atom. The third kappa shape index (κ3) is 36.4. The molecule has 0 aromatic heterocycles. The molecule has 0 saturated carbocycles. The fourth-order valence-corrected chi connectivity index (χ4v) is 3.51. The van der Waals surface area contributed by atoms with Crippen LogP contribution in [0.3, 0.4) is 0 Å². The Hall–Kier alpha value is 0.370. The second-order valence-corrected chi connectivity index (χ2v) is 9.40. The van der Waals surface area contributed by atoms with E-state index in [1.54, 1.807) is 0 Å². The van der Waals surface area contributed by atoms with Crippen molar-refractivity contribution in [2.75, 3.05) is 123 Å². The molecule has 0 saturated heterocycles. The summed E-state index contributed by atoms with van der Waals surface area (Å²) in [4.78, 5) is 0. The molecule has 10 heteroatoms. The van der Waals surface area contributed by atoms with Crippen LogP contribution in [0.5, 0.6) is 0 Å². The maximum Gasteiger partial charge on any atom is 0.0701 e. The van der Waals surface area contributed by atoms with Crippen LogP contribution in [0.1, 0.15) is 51.9 Å². The zero-order valence-electron chi connectivity index (χ0n) is 23.4. The molecule has 0 aliphatic heterocycles. The molecule has 0 aromatic carbocycles. The zero-order valence-corrected chi connectivity index (χ0v) is 25.6. The molecule has 0 aromatic rings. The Morgan fingerprint density at radius 3 is 0.811 bits per heavy atom. The topological polar surface area (TPSA) is 83.1 Å². The van der Waals surface area contributed by atoms with Gasteiger partial charge in [0.25, 0.3) is 0 Å². The summed E-state index contributed by atoms with van der Waals surface area (Å²) in [5, 5.41) is 0. The SMILES string of the molecule is CCCCCOCCOCCOCCOCCOCCOCCOCCOCCOCCCCCCI. The molecule has 0 bridgehead atoms. The minimum absolute atomic E-state index is 0.543. The van der Waals surface area contributed by atoms with Gasteiger partial charge in [-0.05, 0) is 23.7 Å². The average Bonchev–Trinajstić information content (AvgIpc) is 2.91. The summed E-state index contributed by atoms with van der Waals surface area (Å²) in [6.45, 7) is 13.0. The van der Waals surface area contributed by atoms with Crippen molar-refractivity contribution < 1.29 is 42.6 Å². The highest BCUT2D eigenvalue weighted by Gasteiger charge is 1.96. The van der Waals surface area contributed by atoms with Crippen molar-refractivity contribution in [3.8, 4) is 0 Å². The van der Waals surface area contributed by atoms with E-state index in [9.17, 15) is 0 Å². The van der Waals surface area contributed by atoms with E-state index in [0.29, 0.717) is 106 Å². The molecule has 0 unspecified atom stereocenters. The molecule has 0 radical (unpaired) electrons. The van der Waals surface area contributed by atoms with Crippen LogP contribution < -0.4 is 0 Å². The van der Waals surface area contributed by atoms with E-state index in [-0.39, 0.29) is 0 Å². The minimum atomic E-state index is 0.543. The van der Waals surface area contributed by atoms with Gasteiger partial charge in [-0.3, -0.25) is 0 Å². The second-order valence-electron chi connectivity index (χ2n) is 8.32. The summed E-state index contributed by atoms with van der Waals surface area (Å²) in [7, 11) is 0. The molecule has 0 aliphatic rings. The van der Waals surface area contributed by atoms with E-state index in [0.717, 1.165) is 26.1 Å². The van der Waals surface area contributed by atoms with E-state index in [1.807, 2.05) is 0 Å². The second kappa shape index (κ2) is 36.4. The molecule has 37 heavy (non-hydrogen) atoms. The molecule has 0 amide bonds. The summed E-state index contributed by atoms with van der Waals surface area (Å²) in [5.74, 6) is 0. The highest BCUT2D eigenvalue weighted by molar-refractivity contribution is 14.1. The van der Waals surface area contributed by atoms with Gasteiger partial charge in [-0.25, -0.2) is 0 Å². The standard InChI is InChI=1S/C27H55IO9/c1-2-3-7-10-29-12-14-31-16-18-33-20-22-35-24-26-37-27-25-36-23-21-34-19-17-32-15-13-30-11-8-5-4-6-9-28/h2-27H2,1H3. The third-order valence-electron chi connectivity index (χ3n) is 5.04. The van der Waals surface area contributed by atoms with Crippen LogP contribution in [0.25, 0.3) is 0 Å². The summed E-state index contributed by atoms with van der Waals surface area (Å²) in [5.41, 5.74) is 0. The summed E-state index contributed by atoms with van der Waals surface area (Å²) < 4.78 is 50.6. The van der Waals surface area contributed by atoms with Gasteiger partial charge in [0.05, 0.1) is 106 Å². The van der Waals surface area contributed by atoms with Gasteiger partial charge in [0.1, 0.15) is 0 Å². The van der Waals surface area contributed by atoms with Crippen molar-refractivity contribution >= 4 is 22.6 Å². The maximum absolute atomic E-state index is 5.55. The molecule has 0 heterocycles. The van der Waals surface area contributed by atoms with Crippen molar-refractivity contribution in [2.24, 2.45) is 0 Å². The predicted octanol–water partition coefficient (Wildman–Crippen LogP) is 4.32. The Balaban J connectivity index is 3.00. The Kier molecular flexibility index (Phi) is 36.7. The van der Waals surface area contributed by atoms with Crippen LogP contribution in [-0.2, 0) is 42.6 Å². The number of rotatable bonds is 34. The van der Waals surface area contributed by atoms with Gasteiger partial charge < -0.3 is 42.6 Å². The number of hydrogen-bond acceptors (Lipinski definition) is 9. The van der Waals surface area contributed by atoms with E-state index in [1.165, 1.54) is 36.5 Å². The quantitative estimate of drug-likeness (QED) is 0.0575. The number of unbranched alkanes of at least 4 members (excludes halogenated alkanes) is 5. The zero-order chi connectivity index (χ0) is 26.7. The molecule has 0 atom stereocenters. The van der Waals surface area contributed by atoms with Gasteiger partial charge in [-0.15, -0.1) is 0 Å². The van der Waals surface area contributed by atoms with Crippen LogP contribution in [0.2, 0.25) is 0 Å². The normalized spacial score (nSPS) is 11.5. The lowest BCUT2D eigenvalue weighted by molar-refractivity contribution is -0.0250. The number of hydrogen-bond donors (Lipinski definition) is 0. The lowest BCUT2D eigenvalue weighted by atomic mass is 10.2. The first-order valence-electron chi connectivity index (χ1n) is 14.2. The van der Waals surface area contributed by atoms with Gasteiger partial charge in [0, 0.05) is 13.2 Å². The van der Waals surface area contributed by atoms with Gasteiger partial charge in [-0.2, -0.15) is 0 Å². The minimum Gasteiger partial charge on any atom is -0.379 e. The molecule has 0 rings (SSSR count). The predicted molar refractivity (Wildman–Crippen MR) is 154 cm³/mol. The summed E-state index contributed by atoms with van der Waals surface area (Å²) in [6, 6.07) is 0. The molecular weight excluding hydrogens is 595 g/mol. The van der Waals surface area contributed by atoms with Crippen LogP contribution in [-0.4, -0.2) is 123 Å². The molecule has 224 valence electrons. The molecule has 0 spiro atoms. The molecule has 0 N–H and O–H groups in total. The largest absolute Gasteiger partial charge is 0.379 e. The Labute approximate surface area is 240 Å². The molecule has 0 fully saturated rings. The van der Waals surface area contributed by atoms with Gasteiger partial charge in [-0.1, -0.05) is 55.2 Å². The van der Waals surface area contributed by atoms with Crippen molar-refractivity contribution in [3.05, 3.63) is 0 Å². The van der Waals surface area contributed by atoms with Crippen molar-refractivity contribution in [1.82, 2.24) is 0 Å². The van der Waals surface area contributed by atoms with Gasteiger partial charge in [0.2, 0.25) is 0 Å². The summed E-state index contributed by atoms with van der Waals surface area (Å²) >= 11 is 2.42. The van der Waals surface area contributed by atoms with E-state index in [2.05, 4.69) is 29.5 Å². The highest BCUT2D eigenvalue weighted by atomic mass is 127. The van der Waals surface area contributed by atoms with Crippen LogP contribution in [0.15, 0.2) is 0 Å². The number of halogens is 1. The fourth-order valence-electron chi connectivity index (χ4n) is 2.97. The van der Waals surface area contributed by atoms with Gasteiger partial charge in [0.15, 0.2) is 0 Å². The monoisotopic (exact) mass is 650 g/mol. The van der Waals surface area contributed by atoms with E-state index in [4.69, 9.17) is 42.6 Å². The highest BCUT2D eigenvalue weighted by Crippen LogP contribution is 2.02. The Bertz CT molecular complexity index is 361. The van der Waals surface area contributed by atoms with E-state index >= 15 is 0 Å². The van der Waals surface area contributed by atoms with Crippen molar-refractivity contribution in [3.63, 3.8) is 0 Å². The van der Waals surface area contributed by atoms with E-state index < -0.39 is 0 Å². The summed E-state index contributed by atoms with van der Waals surface area (Å²) in [6.07, 6.45) is 8.57.